The molecule has 0 spiro atoms. The van der Waals surface area contributed by atoms with Gasteiger partial charge in [0.25, 0.3) is 0 Å². The van der Waals surface area contributed by atoms with Gasteiger partial charge in [0.2, 0.25) is 0 Å². The highest BCUT2D eigenvalue weighted by molar-refractivity contribution is 5.91. The molecule has 2 heterocycles. The first-order valence-electron chi connectivity index (χ1n) is 8.51. The zero-order valence-corrected chi connectivity index (χ0v) is 14.6. The van der Waals surface area contributed by atoms with E-state index >= 15 is 0 Å². The minimum Gasteiger partial charge on any atom is -0.495 e. The van der Waals surface area contributed by atoms with Gasteiger partial charge in [0, 0.05) is 25.2 Å². The van der Waals surface area contributed by atoms with E-state index in [1.165, 1.54) is 4.68 Å². The van der Waals surface area contributed by atoms with Crippen molar-refractivity contribution >= 4 is 17.7 Å². The number of likely N-dealkylation sites (tertiary alicyclic amines) is 1. The third-order valence-electron chi connectivity index (χ3n) is 4.43. The third kappa shape index (κ3) is 4.14. The van der Waals surface area contributed by atoms with E-state index in [2.05, 4.69) is 10.4 Å². The minimum absolute atomic E-state index is 0.0993. The van der Waals surface area contributed by atoms with E-state index in [-0.39, 0.29) is 18.5 Å². The van der Waals surface area contributed by atoms with Gasteiger partial charge in [0.15, 0.2) is 0 Å². The molecule has 1 aromatic heterocycles. The summed E-state index contributed by atoms with van der Waals surface area (Å²) in [6.45, 7) is 1.06. The Hall–Kier alpha value is -3.03. The van der Waals surface area contributed by atoms with Crippen LogP contribution in [-0.2, 0) is 11.3 Å². The molecular weight excluding hydrogens is 336 g/mol. The van der Waals surface area contributed by atoms with Crippen LogP contribution in [-0.4, -0.2) is 52.0 Å². The van der Waals surface area contributed by atoms with Gasteiger partial charge in [-0.2, -0.15) is 5.10 Å². The standard InChI is InChI=1S/C18H22N4O4/c1-26-16-7-3-2-6-15(16)19-18(25)21-9-4-5-13(11-21)14-8-10-22(20-14)12-17(23)24/h2-3,6-8,10,13H,4-5,9,11-12H2,1H3,(H,19,25)(H,23,24)/t13-/m1/s1. The number of para-hydroxylation sites is 2. The Kier molecular flexibility index (Phi) is 5.40. The SMILES string of the molecule is COc1ccccc1NC(=O)N1CCC[C@@H](c2ccn(CC(=O)O)n2)C1. The Bertz CT molecular complexity index is 789. The average molecular weight is 358 g/mol. The molecule has 0 bridgehead atoms. The molecule has 8 heteroatoms. The van der Waals surface area contributed by atoms with Gasteiger partial charge < -0.3 is 20.1 Å². The first-order valence-corrected chi connectivity index (χ1v) is 8.51. The smallest absolute Gasteiger partial charge is 0.325 e. The molecule has 26 heavy (non-hydrogen) atoms. The number of anilines is 1. The van der Waals surface area contributed by atoms with Gasteiger partial charge >= 0.3 is 12.0 Å². The van der Waals surface area contributed by atoms with Crippen LogP contribution in [0.1, 0.15) is 24.5 Å². The van der Waals surface area contributed by atoms with E-state index in [1.54, 1.807) is 30.3 Å². The number of carboxylic acids is 1. The first kappa shape index (κ1) is 17.8. The molecule has 2 amide bonds. The molecule has 1 saturated heterocycles. The zero-order chi connectivity index (χ0) is 18.5. The van der Waals surface area contributed by atoms with E-state index in [0.717, 1.165) is 18.5 Å². The topological polar surface area (TPSA) is 96.7 Å². The summed E-state index contributed by atoms with van der Waals surface area (Å²) in [5, 5.41) is 16.1. The number of aliphatic carboxylic acids is 1. The summed E-state index contributed by atoms with van der Waals surface area (Å²) in [6.07, 6.45) is 3.45. The van der Waals surface area contributed by atoms with Crippen LogP contribution in [0.4, 0.5) is 10.5 Å². The number of carbonyl (C=O) groups is 2. The largest absolute Gasteiger partial charge is 0.495 e. The molecule has 1 aliphatic rings. The van der Waals surface area contributed by atoms with Crippen molar-refractivity contribution in [3.63, 3.8) is 0 Å². The molecule has 0 radical (unpaired) electrons. The number of piperidine rings is 1. The van der Waals surface area contributed by atoms with Crippen LogP contribution in [0.2, 0.25) is 0 Å². The number of rotatable bonds is 5. The second-order valence-corrected chi connectivity index (χ2v) is 6.25. The van der Waals surface area contributed by atoms with E-state index in [9.17, 15) is 9.59 Å². The predicted molar refractivity (Wildman–Crippen MR) is 95.4 cm³/mol. The van der Waals surface area contributed by atoms with Gasteiger partial charge in [-0.15, -0.1) is 0 Å². The van der Waals surface area contributed by atoms with Crippen LogP contribution in [0.3, 0.4) is 0 Å². The van der Waals surface area contributed by atoms with Crippen molar-refractivity contribution in [1.29, 1.82) is 0 Å². The average Bonchev–Trinajstić information content (AvgIpc) is 3.10. The molecular formula is C18H22N4O4. The molecule has 1 fully saturated rings. The summed E-state index contributed by atoms with van der Waals surface area (Å²) in [5.41, 5.74) is 1.45. The number of amides is 2. The number of benzene rings is 1. The lowest BCUT2D eigenvalue weighted by atomic mass is 9.95. The number of nitrogens with one attached hydrogen (secondary N) is 1. The molecule has 1 atom stereocenters. The lowest BCUT2D eigenvalue weighted by Gasteiger charge is -2.32. The number of ether oxygens (including phenoxy) is 1. The molecule has 0 aliphatic carbocycles. The third-order valence-corrected chi connectivity index (χ3v) is 4.43. The van der Waals surface area contributed by atoms with Gasteiger partial charge in [0.05, 0.1) is 18.5 Å². The van der Waals surface area contributed by atoms with Gasteiger partial charge in [-0.3, -0.25) is 9.48 Å². The van der Waals surface area contributed by atoms with Crippen LogP contribution in [0.15, 0.2) is 36.5 Å². The zero-order valence-electron chi connectivity index (χ0n) is 14.6. The summed E-state index contributed by atoms with van der Waals surface area (Å²) in [6, 6.07) is 8.93. The van der Waals surface area contributed by atoms with Crippen LogP contribution in [0.5, 0.6) is 5.75 Å². The van der Waals surface area contributed by atoms with E-state index in [1.807, 2.05) is 18.2 Å². The molecule has 2 aromatic rings. The molecule has 0 saturated carbocycles. The van der Waals surface area contributed by atoms with Crippen LogP contribution in [0.25, 0.3) is 0 Å². The predicted octanol–water partition coefficient (Wildman–Crippen LogP) is 2.39. The highest BCUT2D eigenvalue weighted by atomic mass is 16.5. The first-order chi connectivity index (χ1) is 12.6. The Labute approximate surface area is 151 Å². The van der Waals surface area contributed by atoms with Gasteiger partial charge in [0.1, 0.15) is 12.3 Å². The Morgan fingerprint density at radius 2 is 2.15 bits per heavy atom. The second kappa shape index (κ2) is 7.90. The summed E-state index contributed by atoms with van der Waals surface area (Å²) >= 11 is 0. The van der Waals surface area contributed by atoms with Crippen molar-refractivity contribution in [3.8, 4) is 5.75 Å². The summed E-state index contributed by atoms with van der Waals surface area (Å²) in [4.78, 5) is 25.2. The Morgan fingerprint density at radius 3 is 2.92 bits per heavy atom. The number of aromatic nitrogens is 2. The fourth-order valence-corrected chi connectivity index (χ4v) is 3.17. The lowest BCUT2D eigenvalue weighted by Crippen LogP contribution is -2.41. The summed E-state index contributed by atoms with van der Waals surface area (Å²) in [7, 11) is 1.56. The number of nitrogens with zero attached hydrogens (tertiary/aromatic N) is 3. The number of carboxylic acid groups (broad SMARTS) is 1. The minimum atomic E-state index is -0.930. The van der Waals surface area contributed by atoms with Crippen molar-refractivity contribution in [2.24, 2.45) is 0 Å². The van der Waals surface area contributed by atoms with Gasteiger partial charge in [-0.1, -0.05) is 12.1 Å². The fourth-order valence-electron chi connectivity index (χ4n) is 3.17. The number of hydrogen-bond donors (Lipinski definition) is 2. The number of urea groups is 1. The van der Waals surface area contributed by atoms with E-state index in [4.69, 9.17) is 9.84 Å². The summed E-state index contributed by atoms with van der Waals surface area (Å²) < 4.78 is 6.67. The molecule has 3 rings (SSSR count). The van der Waals surface area contributed by atoms with Crippen molar-refractivity contribution in [1.82, 2.24) is 14.7 Å². The molecule has 1 aliphatic heterocycles. The van der Waals surface area contributed by atoms with Gasteiger partial charge in [-0.25, -0.2) is 4.79 Å². The fraction of sp³-hybridized carbons (Fsp3) is 0.389. The summed E-state index contributed by atoms with van der Waals surface area (Å²) in [5.74, 6) is -0.217. The highest BCUT2D eigenvalue weighted by Gasteiger charge is 2.26. The number of methoxy groups -OCH3 is 1. The molecule has 138 valence electrons. The number of carbonyl (C=O) groups excluding carboxylic acids is 1. The van der Waals surface area contributed by atoms with Crippen LogP contribution >= 0.6 is 0 Å². The quantitative estimate of drug-likeness (QED) is 0.855. The molecule has 0 unspecified atom stereocenters. The van der Waals surface area contributed by atoms with Crippen molar-refractivity contribution in [3.05, 3.63) is 42.2 Å². The Balaban J connectivity index is 1.65. The maximum atomic E-state index is 12.6. The Morgan fingerprint density at radius 1 is 1.35 bits per heavy atom. The van der Waals surface area contributed by atoms with E-state index < -0.39 is 5.97 Å². The van der Waals surface area contributed by atoms with Crippen molar-refractivity contribution in [2.75, 3.05) is 25.5 Å². The monoisotopic (exact) mass is 358 g/mol. The molecule has 8 nitrogen and oxygen atoms in total. The van der Waals surface area contributed by atoms with Crippen molar-refractivity contribution < 1.29 is 19.4 Å². The molecule has 2 N–H and O–H groups in total. The maximum absolute atomic E-state index is 12.6. The number of hydrogen-bond acceptors (Lipinski definition) is 4. The lowest BCUT2D eigenvalue weighted by molar-refractivity contribution is -0.137. The highest BCUT2D eigenvalue weighted by Crippen LogP contribution is 2.27. The maximum Gasteiger partial charge on any atom is 0.325 e. The van der Waals surface area contributed by atoms with Crippen molar-refractivity contribution in [2.45, 2.75) is 25.3 Å². The normalized spacial score (nSPS) is 17.0. The van der Waals surface area contributed by atoms with Gasteiger partial charge in [-0.05, 0) is 31.0 Å². The van der Waals surface area contributed by atoms with E-state index in [0.29, 0.717) is 24.5 Å². The molecule has 1 aromatic carbocycles. The van der Waals surface area contributed by atoms with Crippen LogP contribution in [0, 0.1) is 0 Å². The van der Waals surface area contributed by atoms with Crippen LogP contribution < -0.4 is 10.1 Å². The second-order valence-electron chi connectivity index (χ2n) is 6.25.